The van der Waals surface area contributed by atoms with Crippen molar-refractivity contribution in [1.82, 2.24) is 0 Å². The molecule has 7 heavy (non-hydrogen) atoms. The second-order valence-corrected chi connectivity index (χ2v) is 5.43. The Hall–Kier alpha value is 1.44. The third kappa shape index (κ3) is 7.44. The summed E-state index contributed by atoms with van der Waals surface area (Å²) in [4.78, 5) is 16.5. The van der Waals surface area contributed by atoms with Gasteiger partial charge in [-0.05, 0) is 0 Å². The van der Waals surface area contributed by atoms with E-state index in [4.69, 9.17) is 9.79 Å². The van der Waals surface area contributed by atoms with Gasteiger partial charge in [0, 0.05) is 0 Å². The first-order valence-electron chi connectivity index (χ1n) is 1.10. The van der Waals surface area contributed by atoms with Crippen molar-refractivity contribution in [2.45, 2.75) is 0 Å². The van der Waals surface area contributed by atoms with Gasteiger partial charge in [-0.3, -0.25) is 0 Å². The summed E-state index contributed by atoms with van der Waals surface area (Å²) in [5, 5.41) is 0. The minimum absolute atomic E-state index is 1.10. The summed E-state index contributed by atoms with van der Waals surface area (Å²) in [5.41, 5.74) is 0. The molecule has 0 unspecified atom stereocenters. The Morgan fingerprint density at radius 1 is 1.57 bits per heavy atom. The van der Waals surface area contributed by atoms with Crippen LogP contribution in [-0.2, 0) is 32.1 Å². The Bertz CT molecular complexity index is 106. The molecule has 0 bridgehead atoms. The fourth-order valence-corrected chi connectivity index (χ4v) is 3.43. The molecular formula is H2MoO3PS2. The van der Waals surface area contributed by atoms with Gasteiger partial charge in [-0.2, -0.15) is 0 Å². The summed E-state index contributed by atoms with van der Waals surface area (Å²) in [5.74, 6) is 0. The van der Waals surface area contributed by atoms with Crippen molar-refractivity contribution >= 4 is 28.3 Å². The zero-order valence-electron chi connectivity index (χ0n) is 2.97. The quantitative estimate of drug-likeness (QED) is 0.538. The molecule has 0 aromatic carbocycles. The van der Waals surface area contributed by atoms with Gasteiger partial charge < -0.3 is 0 Å². The Labute approximate surface area is 58.4 Å². The molecule has 0 fully saturated rings. The van der Waals surface area contributed by atoms with Crippen LogP contribution in [0.3, 0.4) is 0 Å². The molecule has 0 atom stereocenters. The molecule has 3 nitrogen and oxygen atoms in total. The molecule has 0 aliphatic carbocycles. The Balaban J connectivity index is 3.57. The predicted octanol–water partition coefficient (Wildman–Crippen LogP) is 0.322. The van der Waals surface area contributed by atoms with Crippen LogP contribution >= 0.6 is 16.5 Å². The molecule has 0 radical (unpaired) electrons. The first-order valence-corrected chi connectivity index (χ1v) is 7.33. The summed E-state index contributed by atoms with van der Waals surface area (Å²) in [6.45, 7) is -3.38. The maximum atomic E-state index is 8.24. The first-order chi connectivity index (χ1) is 3.06. The summed E-state index contributed by atoms with van der Waals surface area (Å²) in [6, 6.07) is 0. The first kappa shape index (κ1) is 8.44. The van der Waals surface area contributed by atoms with Gasteiger partial charge in [0.2, 0.25) is 0 Å². The third-order valence-corrected chi connectivity index (χ3v) is 4.42. The van der Waals surface area contributed by atoms with Crippen LogP contribution in [0.4, 0.5) is 0 Å². The SMILES string of the molecule is OP(O)(=S)[O][Mo]=[S]. The van der Waals surface area contributed by atoms with E-state index in [9.17, 15) is 0 Å². The van der Waals surface area contributed by atoms with E-state index in [0.717, 1.165) is 0 Å². The monoisotopic (exact) mass is 243 g/mol. The molecule has 2 N–H and O–H groups in total. The average Bonchev–Trinajstić information content (AvgIpc) is 1.30. The van der Waals surface area contributed by atoms with E-state index in [-0.39, 0.29) is 0 Å². The van der Waals surface area contributed by atoms with E-state index in [0.29, 0.717) is 0 Å². The molecule has 0 saturated carbocycles. The van der Waals surface area contributed by atoms with Gasteiger partial charge in [0.1, 0.15) is 0 Å². The Morgan fingerprint density at radius 2 is 2.00 bits per heavy atom. The van der Waals surface area contributed by atoms with Crippen LogP contribution in [-0.4, -0.2) is 9.79 Å². The van der Waals surface area contributed by atoms with Gasteiger partial charge in [0.25, 0.3) is 0 Å². The topological polar surface area (TPSA) is 49.7 Å². The van der Waals surface area contributed by atoms with E-state index >= 15 is 0 Å². The Kier molecular flexibility index (Phi) is 4.17. The van der Waals surface area contributed by atoms with Crippen LogP contribution in [0, 0.1) is 0 Å². The summed E-state index contributed by atoms with van der Waals surface area (Å²) >= 11 is 2.95. The van der Waals surface area contributed by atoms with Crippen LogP contribution in [0.5, 0.6) is 0 Å². The number of hydrogen-bond donors (Lipinski definition) is 2. The molecule has 43 valence electrons. The van der Waals surface area contributed by atoms with Gasteiger partial charge in [0.15, 0.2) is 0 Å². The van der Waals surface area contributed by atoms with Crippen molar-refractivity contribution in [2.24, 2.45) is 0 Å². The van der Waals surface area contributed by atoms with Gasteiger partial charge in [-0.15, -0.1) is 0 Å². The number of rotatable bonds is 2. The van der Waals surface area contributed by atoms with Crippen LogP contribution in [0.1, 0.15) is 0 Å². The standard InChI is InChI=1S/Mo.H3O3PS.S/c;1-4(2,3)5;/h;(H3,1,2,3,5);/q+1;;/p-1. The predicted molar refractivity (Wildman–Crippen MR) is 27.4 cm³/mol. The number of hydrogen-bond acceptors (Lipinski definition) is 3. The molecule has 0 saturated heterocycles. The van der Waals surface area contributed by atoms with Gasteiger partial charge in [-0.1, -0.05) is 0 Å². The Morgan fingerprint density at radius 3 is 2.00 bits per heavy atom. The molecule has 0 aromatic heterocycles. The van der Waals surface area contributed by atoms with Crippen molar-refractivity contribution in [3.63, 3.8) is 0 Å². The van der Waals surface area contributed by atoms with E-state index in [1.165, 1.54) is 0 Å². The van der Waals surface area contributed by atoms with Gasteiger partial charge in [0.05, 0.1) is 0 Å². The molecule has 0 rings (SSSR count). The summed E-state index contributed by atoms with van der Waals surface area (Å²) in [6.07, 6.45) is 0. The molecule has 7 heteroatoms. The molecule has 0 aromatic rings. The van der Waals surface area contributed by atoms with Crippen LogP contribution in [0.15, 0.2) is 0 Å². The zero-order valence-corrected chi connectivity index (χ0v) is 7.51. The molecular weight excluding hydrogens is 239 g/mol. The van der Waals surface area contributed by atoms with E-state index in [2.05, 4.69) is 24.8 Å². The molecule has 0 aliphatic rings. The molecule has 0 aliphatic heterocycles. The zero-order chi connectivity index (χ0) is 5.91. The van der Waals surface area contributed by atoms with Crippen molar-refractivity contribution < 1.29 is 30.1 Å². The van der Waals surface area contributed by atoms with E-state index in [1.807, 2.05) is 0 Å². The second-order valence-electron chi connectivity index (χ2n) is 0.633. The van der Waals surface area contributed by atoms with Crippen molar-refractivity contribution in [3.8, 4) is 0 Å². The summed E-state index contributed by atoms with van der Waals surface area (Å²) in [7, 11) is 4.35. The van der Waals surface area contributed by atoms with Crippen molar-refractivity contribution in [1.29, 1.82) is 0 Å². The molecule has 0 spiro atoms. The minimum atomic E-state index is -3.38. The average molecular weight is 241 g/mol. The van der Waals surface area contributed by atoms with Crippen LogP contribution < -0.4 is 0 Å². The van der Waals surface area contributed by atoms with Crippen LogP contribution in [0.2, 0.25) is 0 Å². The van der Waals surface area contributed by atoms with Gasteiger partial charge in [-0.25, -0.2) is 0 Å². The van der Waals surface area contributed by atoms with Crippen molar-refractivity contribution in [2.75, 3.05) is 0 Å². The van der Waals surface area contributed by atoms with Crippen molar-refractivity contribution in [3.05, 3.63) is 0 Å². The second kappa shape index (κ2) is 3.46. The summed E-state index contributed by atoms with van der Waals surface area (Å²) < 4.78 is 4.21. The maximum absolute atomic E-state index is 8.24. The van der Waals surface area contributed by atoms with E-state index in [1.54, 1.807) is 0 Å². The normalized spacial score (nSPS) is 11.1. The van der Waals surface area contributed by atoms with E-state index < -0.39 is 23.8 Å². The fraction of sp³-hybridized carbons (Fsp3) is 0. The fourth-order valence-electron chi connectivity index (χ4n) is 0.0396. The van der Waals surface area contributed by atoms with Crippen LogP contribution in [0.25, 0.3) is 0 Å². The third-order valence-electron chi connectivity index (χ3n) is 0.128. The van der Waals surface area contributed by atoms with Gasteiger partial charge >= 0.3 is 58.4 Å². The molecule has 0 heterocycles. The molecule has 0 amide bonds.